The zero-order valence-electron chi connectivity index (χ0n) is 8.00. The molecule has 1 aromatic carbocycles. The van der Waals surface area contributed by atoms with Crippen LogP contribution < -0.4 is 5.73 Å². The van der Waals surface area contributed by atoms with Crippen LogP contribution >= 0.6 is 15.9 Å². The number of aromatic hydroxyl groups is 1. The molecule has 4 N–H and O–H groups in total. The number of nitrogens with two attached hydrogens (primary N) is 1. The minimum atomic E-state index is -0.697. The first-order chi connectivity index (χ1) is 6.57. The van der Waals surface area contributed by atoms with E-state index >= 15 is 0 Å². The predicted octanol–water partition coefficient (Wildman–Crippen LogP) is 1.85. The van der Waals surface area contributed by atoms with Crippen molar-refractivity contribution in [3.8, 4) is 5.75 Å². The highest BCUT2D eigenvalue weighted by Gasteiger charge is 2.14. The van der Waals surface area contributed by atoms with Gasteiger partial charge in [0.1, 0.15) is 5.75 Å². The Morgan fingerprint density at radius 3 is 2.71 bits per heavy atom. The summed E-state index contributed by atoms with van der Waals surface area (Å²) < 4.78 is 0.631. The van der Waals surface area contributed by atoms with E-state index in [0.29, 0.717) is 23.0 Å². The molecule has 0 aliphatic heterocycles. The number of aliphatic hydroxyl groups is 1. The Hall–Kier alpha value is -0.580. The third kappa shape index (κ3) is 2.26. The molecule has 0 heterocycles. The molecule has 0 radical (unpaired) electrons. The zero-order valence-corrected chi connectivity index (χ0v) is 9.58. The standard InChI is InChI=1S/C10H14BrNO2/c1-6-2-3-7(8(13)4-5-12)10(14)9(6)11/h2-3,8,13-14H,4-5,12H2,1H3. The average molecular weight is 260 g/mol. The van der Waals surface area contributed by atoms with Gasteiger partial charge in [-0.3, -0.25) is 0 Å². The van der Waals surface area contributed by atoms with Gasteiger partial charge in [-0.15, -0.1) is 0 Å². The lowest BCUT2D eigenvalue weighted by Crippen LogP contribution is -2.07. The third-order valence-corrected chi connectivity index (χ3v) is 3.14. The Labute approximate surface area is 91.7 Å². The van der Waals surface area contributed by atoms with Gasteiger partial charge < -0.3 is 15.9 Å². The summed E-state index contributed by atoms with van der Waals surface area (Å²) in [6.07, 6.45) is -0.250. The molecule has 0 aliphatic carbocycles. The number of benzene rings is 1. The molecule has 0 bridgehead atoms. The van der Waals surface area contributed by atoms with Crippen molar-refractivity contribution < 1.29 is 10.2 Å². The molecule has 1 unspecified atom stereocenters. The fourth-order valence-electron chi connectivity index (χ4n) is 1.26. The Balaban J connectivity index is 3.04. The molecule has 78 valence electrons. The largest absolute Gasteiger partial charge is 0.506 e. The summed E-state index contributed by atoms with van der Waals surface area (Å²) in [5, 5.41) is 19.4. The topological polar surface area (TPSA) is 66.5 Å². The molecule has 0 saturated carbocycles. The van der Waals surface area contributed by atoms with Gasteiger partial charge in [0.25, 0.3) is 0 Å². The first-order valence-electron chi connectivity index (χ1n) is 4.44. The van der Waals surface area contributed by atoms with Gasteiger partial charge in [-0.2, -0.15) is 0 Å². The molecule has 0 saturated heterocycles. The van der Waals surface area contributed by atoms with E-state index in [1.54, 1.807) is 6.07 Å². The average Bonchev–Trinajstić information content (AvgIpc) is 2.15. The normalized spacial score (nSPS) is 12.9. The van der Waals surface area contributed by atoms with Crippen molar-refractivity contribution in [2.75, 3.05) is 6.54 Å². The van der Waals surface area contributed by atoms with Crippen LogP contribution in [0.1, 0.15) is 23.7 Å². The number of aliphatic hydroxyl groups excluding tert-OH is 1. The maximum Gasteiger partial charge on any atom is 0.135 e. The molecular formula is C10H14BrNO2. The molecule has 14 heavy (non-hydrogen) atoms. The smallest absolute Gasteiger partial charge is 0.135 e. The number of phenolic OH excluding ortho intramolecular Hbond substituents is 1. The van der Waals surface area contributed by atoms with Gasteiger partial charge in [0, 0.05) is 5.56 Å². The summed E-state index contributed by atoms with van der Waals surface area (Å²) in [5.74, 6) is 0.103. The van der Waals surface area contributed by atoms with Gasteiger partial charge in [0.15, 0.2) is 0 Å². The van der Waals surface area contributed by atoms with Gasteiger partial charge in [0.05, 0.1) is 10.6 Å². The molecule has 0 amide bonds. The fourth-order valence-corrected chi connectivity index (χ4v) is 1.62. The number of hydrogen-bond acceptors (Lipinski definition) is 3. The lowest BCUT2D eigenvalue weighted by atomic mass is 10.0. The molecule has 4 heteroatoms. The van der Waals surface area contributed by atoms with Crippen LogP contribution in [0.15, 0.2) is 16.6 Å². The van der Waals surface area contributed by atoms with Crippen LogP contribution in [0.2, 0.25) is 0 Å². The van der Waals surface area contributed by atoms with Gasteiger partial charge in [0.2, 0.25) is 0 Å². The van der Waals surface area contributed by atoms with E-state index < -0.39 is 6.10 Å². The Morgan fingerprint density at radius 1 is 1.50 bits per heavy atom. The van der Waals surface area contributed by atoms with Crippen LogP contribution in [0.4, 0.5) is 0 Å². The number of halogens is 1. The molecule has 0 fully saturated rings. The van der Waals surface area contributed by atoms with Crippen LogP contribution in [0.25, 0.3) is 0 Å². The van der Waals surface area contributed by atoms with Gasteiger partial charge in [-0.25, -0.2) is 0 Å². The second-order valence-corrected chi connectivity index (χ2v) is 4.02. The van der Waals surface area contributed by atoms with Gasteiger partial charge >= 0.3 is 0 Å². The van der Waals surface area contributed by atoms with Crippen LogP contribution in [0.3, 0.4) is 0 Å². The maximum atomic E-state index is 9.73. The van der Waals surface area contributed by atoms with Crippen molar-refractivity contribution in [1.82, 2.24) is 0 Å². The molecule has 1 aromatic rings. The van der Waals surface area contributed by atoms with Crippen molar-refractivity contribution >= 4 is 15.9 Å². The first-order valence-corrected chi connectivity index (χ1v) is 5.23. The second-order valence-electron chi connectivity index (χ2n) is 3.23. The van der Waals surface area contributed by atoms with E-state index in [4.69, 9.17) is 5.73 Å². The van der Waals surface area contributed by atoms with Crippen LogP contribution in [0, 0.1) is 6.92 Å². The number of phenols is 1. The molecule has 0 aromatic heterocycles. The maximum absolute atomic E-state index is 9.73. The molecule has 0 aliphatic rings. The highest BCUT2D eigenvalue weighted by atomic mass is 79.9. The number of hydrogen-bond donors (Lipinski definition) is 3. The Kier molecular flexibility index (Phi) is 3.92. The highest BCUT2D eigenvalue weighted by Crippen LogP contribution is 2.35. The Bertz CT molecular complexity index is 328. The van der Waals surface area contributed by atoms with Gasteiger partial charge in [-0.05, 0) is 41.4 Å². The van der Waals surface area contributed by atoms with E-state index in [-0.39, 0.29) is 5.75 Å². The van der Waals surface area contributed by atoms with E-state index in [0.717, 1.165) is 5.56 Å². The summed E-state index contributed by atoms with van der Waals surface area (Å²) in [5.41, 5.74) is 6.79. The quantitative estimate of drug-likeness (QED) is 0.776. The fraction of sp³-hybridized carbons (Fsp3) is 0.400. The Morgan fingerprint density at radius 2 is 2.14 bits per heavy atom. The molecule has 1 rings (SSSR count). The predicted molar refractivity (Wildman–Crippen MR) is 59.2 cm³/mol. The monoisotopic (exact) mass is 259 g/mol. The van der Waals surface area contributed by atoms with E-state index in [9.17, 15) is 10.2 Å². The molecular weight excluding hydrogens is 246 g/mol. The number of aryl methyl sites for hydroxylation is 1. The lowest BCUT2D eigenvalue weighted by Gasteiger charge is -2.13. The van der Waals surface area contributed by atoms with Crippen molar-refractivity contribution in [2.45, 2.75) is 19.4 Å². The van der Waals surface area contributed by atoms with Crippen LogP contribution in [0.5, 0.6) is 5.75 Å². The number of rotatable bonds is 3. The third-order valence-electron chi connectivity index (χ3n) is 2.14. The van der Waals surface area contributed by atoms with Crippen molar-refractivity contribution in [1.29, 1.82) is 0 Å². The van der Waals surface area contributed by atoms with Crippen LogP contribution in [-0.4, -0.2) is 16.8 Å². The van der Waals surface area contributed by atoms with E-state index in [1.807, 2.05) is 13.0 Å². The summed E-state index contributed by atoms with van der Waals surface area (Å²) >= 11 is 3.26. The summed E-state index contributed by atoms with van der Waals surface area (Å²) in [6, 6.07) is 3.56. The minimum absolute atomic E-state index is 0.103. The van der Waals surface area contributed by atoms with Gasteiger partial charge in [-0.1, -0.05) is 12.1 Å². The molecule has 1 atom stereocenters. The van der Waals surface area contributed by atoms with E-state index in [1.165, 1.54) is 0 Å². The van der Waals surface area contributed by atoms with Crippen molar-refractivity contribution in [3.05, 3.63) is 27.7 Å². The summed E-state index contributed by atoms with van der Waals surface area (Å²) in [6.45, 7) is 2.27. The van der Waals surface area contributed by atoms with Crippen molar-refractivity contribution in [2.24, 2.45) is 5.73 Å². The minimum Gasteiger partial charge on any atom is -0.506 e. The van der Waals surface area contributed by atoms with E-state index in [2.05, 4.69) is 15.9 Å². The summed E-state index contributed by atoms with van der Waals surface area (Å²) in [7, 11) is 0. The molecule has 3 nitrogen and oxygen atoms in total. The summed E-state index contributed by atoms with van der Waals surface area (Å²) in [4.78, 5) is 0. The first kappa shape index (κ1) is 11.5. The lowest BCUT2D eigenvalue weighted by molar-refractivity contribution is 0.166. The zero-order chi connectivity index (χ0) is 10.7. The SMILES string of the molecule is Cc1ccc(C(O)CCN)c(O)c1Br. The van der Waals surface area contributed by atoms with Crippen LogP contribution in [-0.2, 0) is 0 Å². The highest BCUT2D eigenvalue weighted by molar-refractivity contribution is 9.10. The molecule has 0 spiro atoms. The van der Waals surface area contributed by atoms with Crippen molar-refractivity contribution in [3.63, 3.8) is 0 Å². The second kappa shape index (κ2) is 4.77.